The maximum absolute atomic E-state index is 12.8. The summed E-state index contributed by atoms with van der Waals surface area (Å²) in [5, 5.41) is 5.87. The number of rotatable bonds is 8. The Morgan fingerprint density at radius 2 is 1.74 bits per heavy atom. The molecule has 0 fully saturated rings. The summed E-state index contributed by atoms with van der Waals surface area (Å²) < 4.78 is 5.23. The van der Waals surface area contributed by atoms with Crippen LogP contribution in [0.5, 0.6) is 5.75 Å². The fraction of sp³-hybridized carbons (Fsp3) is 0.250. The molecule has 0 bridgehead atoms. The quantitative estimate of drug-likeness (QED) is 0.316. The standard InChI is InChI=1S/C28H30N4O3/c1-17(2)27(33)29-21-9-5-19(6-10-21)7-14-26-30-24-12-8-20(16-25(24)31-26)28(34)32-23-13-11-22(35-4)15-18(23)3/h5-6,8-13,15-17H,7,14H2,1-4H3,(H,29,33)(H,30,31)(H,32,34). The first kappa shape index (κ1) is 24.0. The van der Waals surface area contributed by atoms with E-state index in [0.29, 0.717) is 5.56 Å². The van der Waals surface area contributed by atoms with Crippen LogP contribution in [-0.2, 0) is 17.6 Å². The van der Waals surface area contributed by atoms with Crippen molar-refractivity contribution in [1.29, 1.82) is 0 Å². The lowest BCUT2D eigenvalue weighted by atomic mass is 10.1. The summed E-state index contributed by atoms with van der Waals surface area (Å²) in [5.74, 6) is 1.38. The minimum absolute atomic E-state index is 0.00668. The average molecular weight is 471 g/mol. The highest BCUT2D eigenvalue weighted by Crippen LogP contribution is 2.22. The van der Waals surface area contributed by atoms with Crippen LogP contribution in [0.15, 0.2) is 60.7 Å². The smallest absolute Gasteiger partial charge is 0.255 e. The molecular formula is C28H30N4O3. The number of ether oxygens (including phenoxy) is 1. The summed E-state index contributed by atoms with van der Waals surface area (Å²) in [5.41, 5.74) is 5.83. The topological polar surface area (TPSA) is 96.1 Å². The Morgan fingerprint density at radius 3 is 2.43 bits per heavy atom. The highest BCUT2D eigenvalue weighted by atomic mass is 16.5. The van der Waals surface area contributed by atoms with E-state index < -0.39 is 0 Å². The third-order valence-electron chi connectivity index (χ3n) is 5.87. The van der Waals surface area contributed by atoms with Gasteiger partial charge in [-0.2, -0.15) is 0 Å². The van der Waals surface area contributed by atoms with Gasteiger partial charge in [-0.05, 0) is 73.0 Å². The van der Waals surface area contributed by atoms with E-state index in [1.165, 1.54) is 0 Å². The first-order chi connectivity index (χ1) is 16.8. The molecule has 0 atom stereocenters. The van der Waals surface area contributed by atoms with E-state index in [0.717, 1.165) is 58.0 Å². The Hall–Kier alpha value is -4.13. The first-order valence-corrected chi connectivity index (χ1v) is 11.7. The van der Waals surface area contributed by atoms with Crippen LogP contribution >= 0.6 is 0 Å². The molecule has 1 aromatic heterocycles. The van der Waals surface area contributed by atoms with Crippen LogP contribution in [0.25, 0.3) is 11.0 Å². The molecule has 0 spiro atoms. The van der Waals surface area contributed by atoms with Gasteiger partial charge in [-0.15, -0.1) is 0 Å². The van der Waals surface area contributed by atoms with Gasteiger partial charge in [0.2, 0.25) is 5.91 Å². The predicted octanol–water partition coefficient (Wildman–Crippen LogP) is 5.51. The number of methoxy groups -OCH3 is 1. The van der Waals surface area contributed by atoms with Gasteiger partial charge in [0.25, 0.3) is 5.91 Å². The van der Waals surface area contributed by atoms with Crippen molar-refractivity contribution in [3.8, 4) is 5.75 Å². The van der Waals surface area contributed by atoms with Gasteiger partial charge in [-0.25, -0.2) is 4.98 Å². The number of imidazole rings is 1. The zero-order valence-corrected chi connectivity index (χ0v) is 20.4. The second-order valence-electron chi connectivity index (χ2n) is 8.89. The van der Waals surface area contributed by atoms with E-state index in [1.54, 1.807) is 13.2 Å². The molecule has 0 aliphatic rings. The third kappa shape index (κ3) is 5.87. The van der Waals surface area contributed by atoms with Crippen molar-refractivity contribution in [2.45, 2.75) is 33.6 Å². The van der Waals surface area contributed by atoms with Gasteiger partial charge in [-0.3, -0.25) is 9.59 Å². The maximum atomic E-state index is 12.8. The van der Waals surface area contributed by atoms with Gasteiger partial charge in [0, 0.05) is 29.3 Å². The normalized spacial score (nSPS) is 11.0. The lowest BCUT2D eigenvalue weighted by molar-refractivity contribution is -0.118. The number of anilines is 2. The lowest BCUT2D eigenvalue weighted by Gasteiger charge is -2.10. The molecule has 0 radical (unpaired) electrons. The summed E-state index contributed by atoms with van der Waals surface area (Å²) >= 11 is 0. The number of amides is 2. The number of aromatic nitrogens is 2. The molecule has 35 heavy (non-hydrogen) atoms. The molecule has 0 saturated heterocycles. The number of H-pyrrole nitrogens is 1. The number of aromatic amines is 1. The minimum Gasteiger partial charge on any atom is -0.497 e. The number of hydrogen-bond donors (Lipinski definition) is 3. The Morgan fingerprint density at radius 1 is 0.971 bits per heavy atom. The van der Waals surface area contributed by atoms with E-state index in [9.17, 15) is 9.59 Å². The Balaban J connectivity index is 1.39. The van der Waals surface area contributed by atoms with Crippen molar-refractivity contribution in [1.82, 2.24) is 9.97 Å². The van der Waals surface area contributed by atoms with Gasteiger partial charge in [-0.1, -0.05) is 26.0 Å². The number of hydrogen-bond acceptors (Lipinski definition) is 4. The number of benzene rings is 3. The molecule has 4 rings (SSSR count). The van der Waals surface area contributed by atoms with Crippen molar-refractivity contribution in [3.63, 3.8) is 0 Å². The Bertz CT molecular complexity index is 1360. The highest BCUT2D eigenvalue weighted by molar-refractivity contribution is 6.06. The molecule has 180 valence electrons. The zero-order valence-electron chi connectivity index (χ0n) is 20.4. The Kier molecular flexibility index (Phi) is 7.15. The van der Waals surface area contributed by atoms with Crippen LogP contribution < -0.4 is 15.4 Å². The molecule has 3 N–H and O–H groups in total. The SMILES string of the molecule is COc1ccc(NC(=O)c2ccc3nc(CCc4ccc(NC(=O)C(C)C)cc4)[nH]c3c2)c(C)c1. The van der Waals surface area contributed by atoms with Gasteiger partial charge in [0.05, 0.1) is 18.1 Å². The zero-order chi connectivity index (χ0) is 24.9. The van der Waals surface area contributed by atoms with Crippen molar-refractivity contribution in [2.75, 3.05) is 17.7 Å². The molecule has 3 aromatic carbocycles. The van der Waals surface area contributed by atoms with Crippen molar-refractivity contribution < 1.29 is 14.3 Å². The fourth-order valence-electron chi connectivity index (χ4n) is 3.72. The van der Waals surface area contributed by atoms with Crippen LogP contribution in [0.2, 0.25) is 0 Å². The van der Waals surface area contributed by atoms with Gasteiger partial charge in [0.1, 0.15) is 11.6 Å². The van der Waals surface area contributed by atoms with Crippen LogP contribution in [0, 0.1) is 12.8 Å². The first-order valence-electron chi connectivity index (χ1n) is 11.7. The molecule has 1 heterocycles. The molecule has 2 amide bonds. The van der Waals surface area contributed by atoms with E-state index >= 15 is 0 Å². The van der Waals surface area contributed by atoms with Crippen LogP contribution in [0.4, 0.5) is 11.4 Å². The second kappa shape index (κ2) is 10.4. The van der Waals surface area contributed by atoms with E-state index in [-0.39, 0.29) is 17.7 Å². The molecule has 0 saturated carbocycles. The van der Waals surface area contributed by atoms with Crippen LogP contribution in [-0.4, -0.2) is 28.9 Å². The minimum atomic E-state index is -0.180. The summed E-state index contributed by atoms with van der Waals surface area (Å²) in [6.45, 7) is 5.67. The summed E-state index contributed by atoms with van der Waals surface area (Å²) in [6.07, 6.45) is 1.54. The molecule has 7 nitrogen and oxygen atoms in total. The number of carbonyl (C=O) groups is 2. The molecular weight excluding hydrogens is 440 g/mol. The van der Waals surface area contributed by atoms with E-state index in [2.05, 4.69) is 20.6 Å². The maximum Gasteiger partial charge on any atom is 0.255 e. The molecule has 0 aliphatic carbocycles. The van der Waals surface area contributed by atoms with E-state index in [1.807, 2.05) is 75.4 Å². The molecule has 7 heteroatoms. The second-order valence-corrected chi connectivity index (χ2v) is 8.89. The van der Waals surface area contributed by atoms with Crippen LogP contribution in [0.1, 0.15) is 41.2 Å². The highest BCUT2D eigenvalue weighted by Gasteiger charge is 2.12. The van der Waals surface area contributed by atoms with E-state index in [4.69, 9.17) is 4.74 Å². The van der Waals surface area contributed by atoms with Crippen molar-refractivity contribution in [3.05, 3.63) is 83.2 Å². The van der Waals surface area contributed by atoms with Crippen LogP contribution in [0.3, 0.4) is 0 Å². The fourth-order valence-corrected chi connectivity index (χ4v) is 3.72. The van der Waals surface area contributed by atoms with Crippen molar-refractivity contribution >= 4 is 34.2 Å². The molecule has 4 aromatic rings. The van der Waals surface area contributed by atoms with Gasteiger partial charge < -0.3 is 20.4 Å². The predicted molar refractivity (Wildman–Crippen MR) is 139 cm³/mol. The number of nitrogens with zero attached hydrogens (tertiary/aromatic N) is 1. The number of nitrogens with one attached hydrogen (secondary N) is 3. The van der Waals surface area contributed by atoms with Crippen molar-refractivity contribution in [2.24, 2.45) is 5.92 Å². The van der Waals surface area contributed by atoms with Gasteiger partial charge in [0.15, 0.2) is 0 Å². The third-order valence-corrected chi connectivity index (χ3v) is 5.87. The van der Waals surface area contributed by atoms with Gasteiger partial charge >= 0.3 is 0 Å². The monoisotopic (exact) mass is 470 g/mol. The Labute approximate surface area is 204 Å². The number of carbonyl (C=O) groups excluding carboxylic acids is 2. The number of fused-ring (bicyclic) bond motifs is 1. The summed E-state index contributed by atoms with van der Waals surface area (Å²) in [6, 6.07) is 18.9. The summed E-state index contributed by atoms with van der Waals surface area (Å²) in [4.78, 5) is 32.6. The largest absolute Gasteiger partial charge is 0.497 e. The number of aryl methyl sites for hydroxylation is 3. The average Bonchev–Trinajstić information content (AvgIpc) is 3.27. The molecule has 0 aliphatic heterocycles. The summed E-state index contributed by atoms with van der Waals surface area (Å²) in [7, 11) is 1.62. The molecule has 0 unspecified atom stereocenters. The lowest BCUT2D eigenvalue weighted by Crippen LogP contribution is -2.17.